The third-order valence-electron chi connectivity index (χ3n) is 4.60. The molecule has 28 heavy (non-hydrogen) atoms. The second kappa shape index (κ2) is 10.2. The fourth-order valence-corrected chi connectivity index (χ4v) is 3.78. The average molecular weight is 394 g/mol. The Morgan fingerprint density at radius 1 is 1.04 bits per heavy atom. The molecule has 1 N–H and O–H groups in total. The van der Waals surface area contributed by atoms with Gasteiger partial charge in [0.05, 0.1) is 0 Å². The third-order valence-corrected chi connectivity index (χ3v) is 5.63. The van der Waals surface area contributed by atoms with Crippen LogP contribution in [0.2, 0.25) is 0 Å². The maximum absolute atomic E-state index is 12.5. The van der Waals surface area contributed by atoms with Crippen molar-refractivity contribution in [3.8, 4) is 5.75 Å². The topological polar surface area (TPSA) is 38.3 Å². The van der Waals surface area contributed by atoms with E-state index >= 15 is 0 Å². The third kappa shape index (κ3) is 5.77. The average Bonchev–Trinajstić information content (AvgIpc) is 2.72. The molecule has 146 valence electrons. The number of amides is 1. The zero-order valence-corrected chi connectivity index (χ0v) is 17.3. The molecule has 0 saturated heterocycles. The molecule has 0 saturated carbocycles. The van der Waals surface area contributed by atoms with Gasteiger partial charge in [0, 0.05) is 18.1 Å². The van der Waals surface area contributed by atoms with Crippen LogP contribution in [-0.2, 0) is 10.5 Å². The molecule has 0 aliphatic carbocycles. The van der Waals surface area contributed by atoms with Gasteiger partial charge in [-0.15, -0.1) is 0 Å². The van der Waals surface area contributed by atoms with Crippen molar-refractivity contribution in [3.05, 3.63) is 77.9 Å². The van der Waals surface area contributed by atoms with E-state index in [1.54, 1.807) is 0 Å². The first-order valence-electron chi connectivity index (χ1n) is 9.72. The van der Waals surface area contributed by atoms with Crippen LogP contribution in [0.15, 0.2) is 66.7 Å². The molecule has 0 heterocycles. The maximum Gasteiger partial charge on any atom is 0.261 e. The fraction of sp³-hybridized carbons (Fsp3) is 0.292. The summed E-state index contributed by atoms with van der Waals surface area (Å²) in [6, 6.07) is 22.7. The van der Waals surface area contributed by atoms with Crippen molar-refractivity contribution in [1.82, 2.24) is 5.32 Å². The zero-order chi connectivity index (χ0) is 19.8. The van der Waals surface area contributed by atoms with Gasteiger partial charge in [-0.2, -0.15) is 11.8 Å². The molecule has 3 aromatic carbocycles. The van der Waals surface area contributed by atoms with Crippen LogP contribution in [0.1, 0.15) is 24.5 Å². The van der Waals surface area contributed by atoms with Crippen LogP contribution >= 0.6 is 11.8 Å². The second-order valence-corrected chi connectivity index (χ2v) is 7.96. The fourth-order valence-electron chi connectivity index (χ4n) is 2.96. The van der Waals surface area contributed by atoms with Gasteiger partial charge in [0.15, 0.2) is 6.10 Å². The number of carbonyl (C=O) groups is 1. The Kier molecular flexibility index (Phi) is 7.38. The summed E-state index contributed by atoms with van der Waals surface area (Å²) in [5.74, 6) is 2.52. The minimum atomic E-state index is -0.469. The van der Waals surface area contributed by atoms with E-state index in [4.69, 9.17) is 4.74 Å². The monoisotopic (exact) mass is 393 g/mol. The maximum atomic E-state index is 12.5. The molecule has 0 unspecified atom stereocenters. The van der Waals surface area contributed by atoms with E-state index in [9.17, 15) is 4.79 Å². The molecule has 3 nitrogen and oxygen atoms in total. The first kappa shape index (κ1) is 20.3. The standard InChI is InChI=1S/C24H27NO2S/c1-3-23(27-22-13-12-20-6-4-5-7-21(20)16-22)24(26)25-14-15-28-17-19-10-8-18(2)9-11-19/h4-13,16,23H,3,14-15,17H2,1-2H3,(H,25,26)/t23-/m1/s1. The van der Waals surface area contributed by atoms with E-state index in [1.165, 1.54) is 11.1 Å². The normalized spacial score (nSPS) is 11.9. The first-order valence-corrected chi connectivity index (χ1v) is 10.9. The SMILES string of the molecule is CC[C@@H](Oc1ccc2ccccc2c1)C(=O)NCCSCc1ccc(C)cc1. The molecule has 0 aliphatic heterocycles. The number of carbonyl (C=O) groups excluding carboxylic acids is 1. The van der Waals surface area contributed by atoms with Gasteiger partial charge in [-0.05, 0) is 41.8 Å². The number of aryl methyl sites for hydroxylation is 1. The number of rotatable bonds is 9. The highest BCUT2D eigenvalue weighted by atomic mass is 32.2. The van der Waals surface area contributed by atoms with Crippen molar-refractivity contribution in [3.63, 3.8) is 0 Å². The van der Waals surface area contributed by atoms with Crippen LogP contribution in [0.25, 0.3) is 10.8 Å². The highest BCUT2D eigenvalue weighted by Crippen LogP contribution is 2.22. The number of nitrogens with one attached hydrogen (secondary N) is 1. The predicted octanol–water partition coefficient (Wildman–Crippen LogP) is 5.36. The van der Waals surface area contributed by atoms with Gasteiger partial charge in [0.1, 0.15) is 5.75 Å². The molecule has 4 heteroatoms. The van der Waals surface area contributed by atoms with E-state index in [1.807, 2.05) is 49.0 Å². The Balaban J connectivity index is 1.44. The van der Waals surface area contributed by atoms with Crippen molar-refractivity contribution in [2.45, 2.75) is 32.1 Å². The molecule has 1 atom stereocenters. The van der Waals surface area contributed by atoms with Crippen molar-refractivity contribution >= 4 is 28.4 Å². The first-order chi connectivity index (χ1) is 13.7. The van der Waals surface area contributed by atoms with E-state index in [2.05, 4.69) is 48.6 Å². The van der Waals surface area contributed by atoms with Gasteiger partial charge >= 0.3 is 0 Å². The highest BCUT2D eigenvalue weighted by Gasteiger charge is 2.17. The van der Waals surface area contributed by atoms with Gasteiger partial charge in [-0.25, -0.2) is 0 Å². The lowest BCUT2D eigenvalue weighted by Gasteiger charge is -2.17. The summed E-state index contributed by atoms with van der Waals surface area (Å²) in [5.41, 5.74) is 2.59. The van der Waals surface area contributed by atoms with E-state index in [0.717, 1.165) is 28.0 Å². The molecular weight excluding hydrogens is 366 g/mol. The molecule has 3 aromatic rings. The number of ether oxygens (including phenoxy) is 1. The Hall–Kier alpha value is -2.46. The summed E-state index contributed by atoms with van der Waals surface area (Å²) < 4.78 is 5.95. The van der Waals surface area contributed by atoms with Crippen LogP contribution in [-0.4, -0.2) is 24.3 Å². The van der Waals surface area contributed by atoms with Crippen LogP contribution in [0.5, 0.6) is 5.75 Å². The van der Waals surface area contributed by atoms with Crippen molar-refractivity contribution in [2.75, 3.05) is 12.3 Å². The Morgan fingerprint density at radius 3 is 2.54 bits per heavy atom. The zero-order valence-electron chi connectivity index (χ0n) is 16.5. The second-order valence-electron chi connectivity index (χ2n) is 6.85. The van der Waals surface area contributed by atoms with Crippen LogP contribution in [0, 0.1) is 6.92 Å². The number of thioether (sulfide) groups is 1. The Morgan fingerprint density at radius 2 is 1.79 bits per heavy atom. The number of benzene rings is 3. The number of fused-ring (bicyclic) bond motifs is 1. The summed E-state index contributed by atoms with van der Waals surface area (Å²) in [4.78, 5) is 12.5. The molecule has 0 aromatic heterocycles. The quantitative estimate of drug-likeness (QED) is 0.498. The summed E-state index contributed by atoms with van der Waals surface area (Å²) in [6.07, 6.45) is 0.165. The molecule has 0 fully saturated rings. The lowest BCUT2D eigenvalue weighted by Crippen LogP contribution is -2.39. The van der Waals surface area contributed by atoms with Crippen LogP contribution in [0.3, 0.4) is 0 Å². The largest absolute Gasteiger partial charge is 0.481 e. The molecule has 3 rings (SSSR count). The van der Waals surface area contributed by atoms with E-state index < -0.39 is 6.10 Å². The smallest absolute Gasteiger partial charge is 0.261 e. The van der Waals surface area contributed by atoms with Gasteiger partial charge in [0.2, 0.25) is 0 Å². The lowest BCUT2D eigenvalue weighted by molar-refractivity contribution is -0.127. The predicted molar refractivity (Wildman–Crippen MR) is 119 cm³/mol. The minimum Gasteiger partial charge on any atom is -0.481 e. The summed E-state index contributed by atoms with van der Waals surface area (Å²) in [5, 5.41) is 5.28. The van der Waals surface area contributed by atoms with E-state index in [-0.39, 0.29) is 5.91 Å². The Labute approximate surface area is 171 Å². The van der Waals surface area contributed by atoms with Crippen molar-refractivity contribution < 1.29 is 9.53 Å². The molecule has 0 spiro atoms. The summed E-state index contributed by atoms with van der Waals surface area (Å²) in [7, 11) is 0. The number of hydrogen-bond acceptors (Lipinski definition) is 3. The van der Waals surface area contributed by atoms with Crippen molar-refractivity contribution in [2.24, 2.45) is 0 Å². The molecule has 0 radical (unpaired) electrons. The minimum absolute atomic E-state index is 0.0494. The molecule has 0 bridgehead atoms. The van der Waals surface area contributed by atoms with Crippen molar-refractivity contribution in [1.29, 1.82) is 0 Å². The van der Waals surface area contributed by atoms with Crippen LogP contribution in [0.4, 0.5) is 0 Å². The van der Waals surface area contributed by atoms with Gasteiger partial charge < -0.3 is 10.1 Å². The van der Waals surface area contributed by atoms with E-state index in [0.29, 0.717) is 13.0 Å². The molecular formula is C24H27NO2S. The summed E-state index contributed by atoms with van der Waals surface area (Å²) in [6.45, 7) is 4.71. The van der Waals surface area contributed by atoms with Gasteiger partial charge in [-0.1, -0.05) is 67.1 Å². The van der Waals surface area contributed by atoms with Gasteiger partial charge in [-0.3, -0.25) is 4.79 Å². The lowest BCUT2D eigenvalue weighted by atomic mass is 10.1. The number of hydrogen-bond donors (Lipinski definition) is 1. The van der Waals surface area contributed by atoms with Crippen LogP contribution < -0.4 is 10.1 Å². The molecule has 0 aliphatic rings. The summed E-state index contributed by atoms with van der Waals surface area (Å²) >= 11 is 1.82. The molecule has 1 amide bonds. The Bertz CT molecular complexity index is 908. The highest BCUT2D eigenvalue weighted by molar-refractivity contribution is 7.98. The van der Waals surface area contributed by atoms with Gasteiger partial charge in [0.25, 0.3) is 5.91 Å².